The maximum Gasteiger partial charge on any atom is 0.146 e. The van der Waals surface area contributed by atoms with Crippen LogP contribution in [0, 0.1) is 17.1 Å². The Morgan fingerprint density at radius 2 is 2.22 bits per heavy atom. The second-order valence-electron chi connectivity index (χ2n) is 3.81. The zero-order chi connectivity index (χ0) is 13.4. The Morgan fingerprint density at radius 3 is 2.78 bits per heavy atom. The van der Waals surface area contributed by atoms with Crippen molar-refractivity contribution in [3.05, 3.63) is 29.6 Å². The molecule has 1 rings (SSSR count). The minimum absolute atomic E-state index is 0.285. The van der Waals surface area contributed by atoms with Crippen LogP contribution in [-0.4, -0.2) is 26.8 Å². The van der Waals surface area contributed by atoms with Gasteiger partial charge >= 0.3 is 0 Å². The Labute approximate surface area is 112 Å². The number of nitrogens with zero attached hydrogens (tertiary/aromatic N) is 2. The lowest BCUT2D eigenvalue weighted by molar-refractivity contribution is 0.205. The minimum Gasteiger partial charge on any atom is -0.383 e. The topological polar surface area (TPSA) is 36.3 Å². The molecule has 0 saturated heterocycles. The molecule has 0 unspecified atom stereocenters. The van der Waals surface area contributed by atoms with E-state index in [1.165, 1.54) is 6.07 Å². The molecule has 98 valence electrons. The number of rotatable bonds is 7. The van der Waals surface area contributed by atoms with Crippen LogP contribution in [0.1, 0.15) is 12.0 Å². The van der Waals surface area contributed by atoms with E-state index >= 15 is 0 Å². The lowest BCUT2D eigenvalue weighted by Gasteiger charge is -2.24. The predicted octanol–water partition coefficient (Wildman–Crippen LogP) is 2.93. The Balaban J connectivity index is 2.86. The first-order valence-electron chi connectivity index (χ1n) is 5.68. The molecule has 5 heteroatoms. The van der Waals surface area contributed by atoms with E-state index < -0.39 is 0 Å². The Morgan fingerprint density at radius 1 is 1.44 bits per heavy atom. The summed E-state index contributed by atoms with van der Waals surface area (Å²) in [4.78, 5) is 1.81. The summed E-state index contributed by atoms with van der Waals surface area (Å²) < 4.78 is 18.9. The lowest BCUT2D eigenvalue weighted by Crippen LogP contribution is -2.29. The molecular formula is C13H16ClFN2O. The Bertz CT molecular complexity index is 420. The summed E-state index contributed by atoms with van der Waals surface area (Å²) in [6.07, 6.45) is 0.348. The van der Waals surface area contributed by atoms with Crippen LogP contribution < -0.4 is 4.90 Å². The molecule has 0 aliphatic carbocycles. The smallest absolute Gasteiger partial charge is 0.146 e. The molecule has 0 N–H and O–H groups in total. The molecule has 0 saturated carbocycles. The van der Waals surface area contributed by atoms with E-state index in [1.54, 1.807) is 24.1 Å². The average Bonchev–Trinajstić information content (AvgIpc) is 2.39. The molecule has 0 fully saturated rings. The van der Waals surface area contributed by atoms with E-state index in [0.717, 1.165) is 5.56 Å². The van der Waals surface area contributed by atoms with Crippen LogP contribution >= 0.6 is 11.6 Å². The van der Waals surface area contributed by atoms with Crippen molar-refractivity contribution in [2.24, 2.45) is 0 Å². The van der Waals surface area contributed by atoms with Gasteiger partial charge in [0.05, 0.1) is 24.8 Å². The van der Waals surface area contributed by atoms with Gasteiger partial charge in [-0.1, -0.05) is 6.07 Å². The summed E-state index contributed by atoms with van der Waals surface area (Å²) >= 11 is 5.65. The van der Waals surface area contributed by atoms with E-state index in [9.17, 15) is 4.39 Å². The Hall–Kier alpha value is -1.31. The molecule has 0 aliphatic rings. The third kappa shape index (κ3) is 4.17. The fraction of sp³-hybridized carbons (Fsp3) is 0.462. The lowest BCUT2D eigenvalue weighted by atomic mass is 10.2. The highest BCUT2D eigenvalue weighted by Gasteiger charge is 2.11. The van der Waals surface area contributed by atoms with E-state index in [0.29, 0.717) is 31.8 Å². The van der Waals surface area contributed by atoms with Gasteiger partial charge in [-0.05, 0) is 17.7 Å². The number of ether oxygens (including phenoxy) is 1. The van der Waals surface area contributed by atoms with Gasteiger partial charge in [0.2, 0.25) is 0 Å². The molecule has 0 amide bonds. The van der Waals surface area contributed by atoms with Gasteiger partial charge in [-0.15, -0.1) is 11.6 Å². The summed E-state index contributed by atoms with van der Waals surface area (Å²) in [5.41, 5.74) is 1.22. The number of halogens is 2. The third-order valence-electron chi connectivity index (χ3n) is 2.57. The second kappa shape index (κ2) is 7.91. The third-order valence-corrected chi connectivity index (χ3v) is 2.87. The SMILES string of the molecule is COCCN(CCC#N)c1ccc(CCl)cc1F. The van der Waals surface area contributed by atoms with Crippen molar-refractivity contribution in [2.45, 2.75) is 12.3 Å². The van der Waals surface area contributed by atoms with Crippen molar-refractivity contribution in [3.8, 4) is 6.07 Å². The number of hydrogen-bond acceptors (Lipinski definition) is 3. The largest absolute Gasteiger partial charge is 0.383 e. The second-order valence-corrected chi connectivity index (χ2v) is 4.07. The fourth-order valence-electron chi connectivity index (χ4n) is 1.63. The maximum absolute atomic E-state index is 13.9. The zero-order valence-corrected chi connectivity index (χ0v) is 11.1. The van der Waals surface area contributed by atoms with Crippen LogP contribution in [0.2, 0.25) is 0 Å². The highest BCUT2D eigenvalue weighted by atomic mass is 35.5. The number of methoxy groups -OCH3 is 1. The first-order valence-corrected chi connectivity index (χ1v) is 6.21. The van der Waals surface area contributed by atoms with E-state index in [-0.39, 0.29) is 11.7 Å². The first-order chi connectivity index (χ1) is 8.72. The average molecular weight is 271 g/mol. The summed E-state index contributed by atoms with van der Waals surface area (Å²) in [6.45, 7) is 1.52. The van der Waals surface area contributed by atoms with Crippen molar-refractivity contribution in [3.63, 3.8) is 0 Å². The normalized spacial score (nSPS) is 10.1. The monoisotopic (exact) mass is 270 g/mol. The van der Waals surface area contributed by atoms with Crippen LogP contribution in [-0.2, 0) is 10.6 Å². The van der Waals surface area contributed by atoms with Crippen LogP contribution in [0.5, 0.6) is 0 Å². The highest BCUT2D eigenvalue weighted by Crippen LogP contribution is 2.21. The predicted molar refractivity (Wildman–Crippen MR) is 70.3 cm³/mol. The number of alkyl halides is 1. The number of hydrogen-bond donors (Lipinski definition) is 0. The van der Waals surface area contributed by atoms with Gasteiger partial charge in [0, 0.05) is 26.1 Å². The van der Waals surface area contributed by atoms with Crippen molar-refractivity contribution in [1.82, 2.24) is 0 Å². The Kier molecular flexibility index (Phi) is 6.48. The van der Waals surface area contributed by atoms with Gasteiger partial charge in [-0.2, -0.15) is 5.26 Å². The zero-order valence-electron chi connectivity index (χ0n) is 10.3. The fourth-order valence-corrected chi connectivity index (χ4v) is 1.80. The molecule has 0 bridgehead atoms. The molecular weight excluding hydrogens is 255 g/mol. The maximum atomic E-state index is 13.9. The van der Waals surface area contributed by atoms with Gasteiger partial charge in [0.1, 0.15) is 5.82 Å². The van der Waals surface area contributed by atoms with Crippen molar-refractivity contribution >= 4 is 17.3 Å². The number of benzene rings is 1. The summed E-state index contributed by atoms with van der Waals surface area (Å²) in [6, 6.07) is 6.97. The molecule has 0 aromatic heterocycles. The molecule has 18 heavy (non-hydrogen) atoms. The van der Waals surface area contributed by atoms with Crippen molar-refractivity contribution in [2.75, 3.05) is 31.7 Å². The summed E-state index contributed by atoms with van der Waals surface area (Å²) in [5, 5.41) is 8.62. The summed E-state index contributed by atoms with van der Waals surface area (Å²) in [5.74, 6) is -0.0322. The molecule has 0 heterocycles. The van der Waals surface area contributed by atoms with E-state index in [1.807, 2.05) is 0 Å². The number of anilines is 1. The minimum atomic E-state index is -0.317. The first kappa shape index (κ1) is 14.7. The standard InChI is InChI=1S/C13H16ClFN2O/c1-18-8-7-17(6-2-5-16)13-4-3-11(10-14)9-12(13)15/h3-4,9H,2,6-8,10H2,1H3. The highest BCUT2D eigenvalue weighted by molar-refractivity contribution is 6.17. The molecule has 1 aromatic carbocycles. The van der Waals surface area contributed by atoms with Crippen LogP contribution in [0.4, 0.5) is 10.1 Å². The molecule has 0 radical (unpaired) electrons. The molecule has 0 atom stereocenters. The van der Waals surface area contributed by atoms with Crippen LogP contribution in [0.15, 0.2) is 18.2 Å². The van der Waals surface area contributed by atoms with E-state index in [2.05, 4.69) is 6.07 Å². The molecule has 3 nitrogen and oxygen atoms in total. The molecule has 0 spiro atoms. The summed E-state index contributed by atoms with van der Waals surface area (Å²) in [7, 11) is 1.59. The molecule has 1 aromatic rings. The van der Waals surface area contributed by atoms with Crippen molar-refractivity contribution in [1.29, 1.82) is 5.26 Å². The quantitative estimate of drug-likeness (QED) is 0.715. The van der Waals surface area contributed by atoms with Crippen molar-refractivity contribution < 1.29 is 9.13 Å². The van der Waals surface area contributed by atoms with Gasteiger partial charge in [-0.25, -0.2) is 4.39 Å². The van der Waals surface area contributed by atoms with Gasteiger partial charge < -0.3 is 9.64 Å². The number of nitriles is 1. The van der Waals surface area contributed by atoms with Crippen LogP contribution in [0.25, 0.3) is 0 Å². The molecule has 0 aliphatic heterocycles. The van der Waals surface area contributed by atoms with E-state index in [4.69, 9.17) is 21.6 Å². The van der Waals surface area contributed by atoms with Gasteiger partial charge in [0.15, 0.2) is 0 Å². The van der Waals surface area contributed by atoms with Gasteiger partial charge in [-0.3, -0.25) is 0 Å². The van der Waals surface area contributed by atoms with Crippen LogP contribution in [0.3, 0.4) is 0 Å². The van der Waals surface area contributed by atoms with Gasteiger partial charge in [0.25, 0.3) is 0 Å².